The zero-order valence-electron chi connectivity index (χ0n) is 12.2. The molecule has 0 atom stereocenters. The fourth-order valence-electron chi connectivity index (χ4n) is 2.26. The molecule has 0 saturated heterocycles. The Labute approximate surface area is 131 Å². The van der Waals surface area contributed by atoms with Gasteiger partial charge in [0.05, 0.1) is 11.3 Å². The van der Waals surface area contributed by atoms with Crippen LogP contribution >= 0.6 is 0 Å². The van der Waals surface area contributed by atoms with Crippen molar-refractivity contribution in [1.29, 1.82) is 0 Å². The quantitative estimate of drug-likeness (QED) is 0.676. The highest BCUT2D eigenvalue weighted by atomic mass is 19.4. The van der Waals surface area contributed by atoms with Crippen LogP contribution in [0.15, 0.2) is 59.1 Å². The summed E-state index contributed by atoms with van der Waals surface area (Å²) < 4.78 is 39.2. The summed E-state index contributed by atoms with van der Waals surface area (Å²) in [6.07, 6.45) is 4.31. The highest BCUT2D eigenvalue weighted by molar-refractivity contribution is 6.15. The van der Waals surface area contributed by atoms with E-state index in [0.29, 0.717) is 12.0 Å². The van der Waals surface area contributed by atoms with Gasteiger partial charge in [-0.25, -0.2) is 4.99 Å². The van der Waals surface area contributed by atoms with Crippen LogP contribution < -0.4 is 5.73 Å². The molecule has 0 unspecified atom stereocenters. The number of carbonyl (C=O) groups is 1. The summed E-state index contributed by atoms with van der Waals surface area (Å²) in [5.74, 6) is 0. The third-order valence-electron chi connectivity index (χ3n) is 3.32. The predicted octanol–water partition coefficient (Wildman–Crippen LogP) is 3.88. The van der Waals surface area contributed by atoms with E-state index < -0.39 is 11.7 Å². The largest absolute Gasteiger partial charge is 0.417 e. The number of rotatable bonds is 4. The second-order valence-electron chi connectivity index (χ2n) is 4.90. The summed E-state index contributed by atoms with van der Waals surface area (Å²) in [6, 6.07) is 5.03. The number of aliphatic imine (C=N–C) groups is 1. The molecule has 0 radical (unpaired) electrons. The first kappa shape index (κ1) is 16.7. The van der Waals surface area contributed by atoms with Gasteiger partial charge in [0, 0.05) is 11.3 Å². The van der Waals surface area contributed by atoms with Gasteiger partial charge in [0.1, 0.15) is 0 Å². The molecule has 6 heteroatoms. The third-order valence-corrected chi connectivity index (χ3v) is 3.32. The normalized spacial score (nSPS) is 16.2. The van der Waals surface area contributed by atoms with Crippen LogP contribution in [0.1, 0.15) is 24.0 Å². The lowest BCUT2D eigenvalue weighted by atomic mass is 9.99. The van der Waals surface area contributed by atoms with Crippen molar-refractivity contribution in [3.63, 3.8) is 0 Å². The van der Waals surface area contributed by atoms with E-state index in [4.69, 9.17) is 5.73 Å². The van der Waals surface area contributed by atoms with E-state index in [1.165, 1.54) is 24.3 Å². The summed E-state index contributed by atoms with van der Waals surface area (Å²) in [4.78, 5) is 14.4. The van der Waals surface area contributed by atoms with E-state index in [-0.39, 0.29) is 17.0 Å². The zero-order chi connectivity index (χ0) is 16.9. The van der Waals surface area contributed by atoms with Crippen molar-refractivity contribution < 1.29 is 18.0 Å². The predicted molar refractivity (Wildman–Crippen MR) is 83.6 cm³/mol. The Balaban J connectivity index is 2.46. The number of allylic oxidation sites excluding steroid dienone is 5. The van der Waals surface area contributed by atoms with Crippen LogP contribution in [0.5, 0.6) is 0 Å². The molecule has 1 aromatic rings. The maximum Gasteiger partial charge on any atom is 0.417 e. The Morgan fingerprint density at radius 1 is 1.22 bits per heavy atom. The number of carbonyl (C=O) groups excluding carboxylic acids is 1. The molecule has 3 nitrogen and oxygen atoms in total. The molecular formula is C17H15F3N2O. The molecular weight excluding hydrogens is 305 g/mol. The molecule has 1 amide bonds. The summed E-state index contributed by atoms with van der Waals surface area (Å²) >= 11 is 0. The lowest BCUT2D eigenvalue weighted by Gasteiger charge is -2.13. The van der Waals surface area contributed by atoms with Gasteiger partial charge in [-0.05, 0) is 30.6 Å². The summed E-state index contributed by atoms with van der Waals surface area (Å²) in [5, 5.41) is 0. The number of nitrogens with zero attached hydrogens (tertiary/aromatic N) is 1. The molecule has 120 valence electrons. The van der Waals surface area contributed by atoms with Gasteiger partial charge in [0.15, 0.2) is 0 Å². The summed E-state index contributed by atoms with van der Waals surface area (Å²) in [7, 11) is 0. The molecule has 0 heterocycles. The smallest absolute Gasteiger partial charge is 0.398 e. The van der Waals surface area contributed by atoms with Gasteiger partial charge in [0.2, 0.25) is 6.41 Å². The molecule has 0 fully saturated rings. The number of amides is 1. The van der Waals surface area contributed by atoms with Crippen molar-refractivity contribution in [3.8, 4) is 0 Å². The van der Waals surface area contributed by atoms with E-state index in [9.17, 15) is 18.0 Å². The van der Waals surface area contributed by atoms with E-state index >= 15 is 0 Å². The number of benzene rings is 1. The van der Waals surface area contributed by atoms with Crippen molar-refractivity contribution >= 4 is 17.8 Å². The minimum Gasteiger partial charge on any atom is -0.398 e. The molecule has 0 spiro atoms. The molecule has 1 aliphatic carbocycles. The van der Waals surface area contributed by atoms with E-state index in [0.717, 1.165) is 18.9 Å². The van der Waals surface area contributed by atoms with Crippen LogP contribution in [0, 0.1) is 0 Å². The van der Waals surface area contributed by atoms with Crippen molar-refractivity contribution in [2.24, 2.45) is 10.7 Å². The van der Waals surface area contributed by atoms with Crippen molar-refractivity contribution in [1.82, 2.24) is 0 Å². The first-order valence-electron chi connectivity index (χ1n) is 6.96. The molecule has 1 aromatic carbocycles. The van der Waals surface area contributed by atoms with Crippen LogP contribution in [0.25, 0.3) is 5.70 Å². The summed E-state index contributed by atoms with van der Waals surface area (Å²) in [6.45, 7) is 0. The Morgan fingerprint density at radius 2 is 1.96 bits per heavy atom. The third kappa shape index (κ3) is 4.18. The van der Waals surface area contributed by atoms with E-state index in [1.807, 2.05) is 12.2 Å². The van der Waals surface area contributed by atoms with E-state index in [1.54, 1.807) is 6.08 Å². The Bertz CT molecular complexity index is 713. The van der Waals surface area contributed by atoms with Gasteiger partial charge in [-0.2, -0.15) is 13.2 Å². The van der Waals surface area contributed by atoms with Crippen LogP contribution in [0.3, 0.4) is 0 Å². The van der Waals surface area contributed by atoms with Crippen LogP contribution in [0.4, 0.5) is 13.2 Å². The first-order chi connectivity index (χ1) is 10.9. The lowest BCUT2D eigenvalue weighted by Crippen LogP contribution is -2.12. The molecule has 0 saturated carbocycles. The van der Waals surface area contributed by atoms with Gasteiger partial charge in [0.25, 0.3) is 0 Å². The maximum atomic E-state index is 13.1. The van der Waals surface area contributed by atoms with Crippen LogP contribution in [0.2, 0.25) is 0 Å². The number of nitrogens with two attached hydrogens (primary N) is 1. The first-order valence-corrected chi connectivity index (χ1v) is 6.96. The van der Waals surface area contributed by atoms with Gasteiger partial charge >= 0.3 is 6.18 Å². The Kier molecular flexibility index (Phi) is 5.16. The Hall–Kier alpha value is -2.63. The molecule has 2 rings (SSSR count). The minimum atomic E-state index is -4.51. The van der Waals surface area contributed by atoms with Gasteiger partial charge in [-0.1, -0.05) is 36.4 Å². The molecule has 0 aliphatic heterocycles. The topological polar surface area (TPSA) is 55.4 Å². The van der Waals surface area contributed by atoms with E-state index in [2.05, 4.69) is 4.99 Å². The van der Waals surface area contributed by atoms with Gasteiger partial charge < -0.3 is 5.73 Å². The van der Waals surface area contributed by atoms with Crippen molar-refractivity contribution in [2.75, 3.05) is 0 Å². The fraction of sp³-hybridized carbons (Fsp3) is 0.176. The van der Waals surface area contributed by atoms with Gasteiger partial charge in [-0.15, -0.1) is 0 Å². The average molecular weight is 320 g/mol. The zero-order valence-corrected chi connectivity index (χ0v) is 12.2. The maximum absolute atomic E-state index is 13.1. The highest BCUT2D eigenvalue weighted by Gasteiger charge is 2.33. The van der Waals surface area contributed by atoms with Gasteiger partial charge in [-0.3, -0.25) is 4.79 Å². The minimum absolute atomic E-state index is 0.0987. The lowest BCUT2D eigenvalue weighted by molar-refractivity contribution is -0.137. The monoisotopic (exact) mass is 320 g/mol. The number of hydrogen-bond acceptors (Lipinski definition) is 2. The number of alkyl halides is 3. The standard InChI is InChI=1S/C17H15F3N2O/c18-17(19,20)14-9-5-4-8-13(14)15(21)10-16(22-11-23)12-6-2-1-3-7-12/h2,4-11H,1,3,21H2. The highest BCUT2D eigenvalue weighted by Crippen LogP contribution is 2.33. The second-order valence-corrected chi connectivity index (χ2v) is 4.90. The molecule has 1 aliphatic rings. The average Bonchev–Trinajstić information content (AvgIpc) is 2.54. The second kappa shape index (κ2) is 7.09. The molecule has 2 N–H and O–H groups in total. The number of halogens is 3. The van der Waals surface area contributed by atoms with Crippen LogP contribution in [-0.2, 0) is 11.0 Å². The van der Waals surface area contributed by atoms with Crippen molar-refractivity contribution in [3.05, 3.63) is 65.3 Å². The summed E-state index contributed by atoms with van der Waals surface area (Å²) in [5.41, 5.74) is 5.68. The fourth-order valence-corrected chi connectivity index (χ4v) is 2.26. The SMILES string of the molecule is NC(=CC(=NC=O)C1=CCCC=C1)c1ccccc1C(F)(F)F. The molecule has 0 bridgehead atoms. The van der Waals surface area contributed by atoms with Crippen molar-refractivity contribution in [2.45, 2.75) is 19.0 Å². The Morgan fingerprint density at radius 3 is 2.57 bits per heavy atom. The molecule has 23 heavy (non-hydrogen) atoms. The van der Waals surface area contributed by atoms with Crippen LogP contribution in [-0.4, -0.2) is 12.1 Å². The molecule has 0 aromatic heterocycles. The number of hydrogen-bond donors (Lipinski definition) is 1.